The number of aryl methyl sites for hydroxylation is 1. The van der Waals surface area contributed by atoms with Crippen molar-refractivity contribution in [1.82, 2.24) is 20.8 Å². The first-order valence-corrected chi connectivity index (χ1v) is 12.0. The van der Waals surface area contributed by atoms with Gasteiger partial charge in [0.2, 0.25) is 17.7 Å². The number of nitrogens with zero attached hydrogens (tertiary/aromatic N) is 2. The Balaban J connectivity index is 1.55. The minimum Gasteiger partial charge on any atom is -0.491 e. The molecule has 1 unspecified atom stereocenters. The van der Waals surface area contributed by atoms with Gasteiger partial charge in [-0.1, -0.05) is 43.0 Å². The lowest BCUT2D eigenvalue weighted by Crippen LogP contribution is -2.45. The van der Waals surface area contributed by atoms with E-state index >= 15 is 0 Å². The zero-order valence-electron chi connectivity index (χ0n) is 20.1. The molecule has 1 saturated carbocycles. The van der Waals surface area contributed by atoms with Crippen LogP contribution in [0.25, 0.3) is 0 Å². The van der Waals surface area contributed by atoms with Crippen LogP contribution in [0, 0.1) is 0 Å². The number of hydrogen-bond acceptors (Lipinski definition) is 6. The molecule has 0 saturated heterocycles. The highest BCUT2D eigenvalue weighted by molar-refractivity contribution is 5.76. The van der Waals surface area contributed by atoms with E-state index in [9.17, 15) is 9.59 Å². The van der Waals surface area contributed by atoms with Gasteiger partial charge in [0.15, 0.2) is 5.82 Å². The van der Waals surface area contributed by atoms with Gasteiger partial charge in [-0.15, -0.1) is 0 Å². The summed E-state index contributed by atoms with van der Waals surface area (Å²) in [5.74, 6) is 1.56. The average molecular weight is 457 g/mol. The third-order valence-electron chi connectivity index (χ3n) is 5.96. The van der Waals surface area contributed by atoms with Crippen LogP contribution in [0.15, 0.2) is 28.8 Å². The Morgan fingerprint density at radius 3 is 2.36 bits per heavy atom. The fraction of sp³-hybridized carbons (Fsp3) is 0.600. The van der Waals surface area contributed by atoms with Crippen LogP contribution in [0.4, 0.5) is 0 Å². The normalized spacial score (nSPS) is 16.6. The van der Waals surface area contributed by atoms with Gasteiger partial charge in [-0.2, -0.15) is 4.98 Å². The SMILES string of the molecule is CC(=O)NC1(c2noc(CCC(=O)NC(C)c3ccc(OC(C)C)cc3)n2)CCCCCC1. The number of carbonyl (C=O) groups excluding carboxylic acids is 2. The van der Waals surface area contributed by atoms with E-state index in [-0.39, 0.29) is 30.4 Å². The molecule has 1 aliphatic carbocycles. The minimum absolute atomic E-state index is 0.0872. The lowest BCUT2D eigenvalue weighted by Gasteiger charge is -2.30. The molecule has 2 N–H and O–H groups in total. The molecule has 1 fully saturated rings. The van der Waals surface area contributed by atoms with Crippen molar-refractivity contribution in [3.05, 3.63) is 41.5 Å². The molecule has 1 aromatic carbocycles. The van der Waals surface area contributed by atoms with E-state index in [0.717, 1.165) is 49.8 Å². The van der Waals surface area contributed by atoms with Gasteiger partial charge in [0.25, 0.3) is 0 Å². The number of hydrogen-bond donors (Lipinski definition) is 2. The van der Waals surface area contributed by atoms with E-state index in [1.807, 2.05) is 45.0 Å². The van der Waals surface area contributed by atoms with Crippen LogP contribution in [0.3, 0.4) is 0 Å². The van der Waals surface area contributed by atoms with Crippen molar-refractivity contribution in [2.24, 2.45) is 0 Å². The minimum atomic E-state index is -0.577. The molecular formula is C25H36N4O4. The van der Waals surface area contributed by atoms with Gasteiger partial charge in [0, 0.05) is 19.8 Å². The van der Waals surface area contributed by atoms with Crippen molar-refractivity contribution in [1.29, 1.82) is 0 Å². The maximum absolute atomic E-state index is 12.5. The first-order valence-electron chi connectivity index (χ1n) is 12.0. The molecule has 8 heteroatoms. The molecule has 8 nitrogen and oxygen atoms in total. The quantitative estimate of drug-likeness (QED) is 0.543. The monoisotopic (exact) mass is 456 g/mol. The standard InChI is InChI=1S/C25H36N4O4/c1-17(2)32-21-11-9-20(10-12-21)18(3)26-22(31)13-14-23-27-24(29-33-23)25(28-19(4)30)15-7-5-6-8-16-25/h9-12,17-18H,5-8,13-16H2,1-4H3,(H,26,31)(H,28,30). The summed E-state index contributed by atoms with van der Waals surface area (Å²) in [5, 5.41) is 10.3. The molecule has 3 rings (SSSR count). The summed E-state index contributed by atoms with van der Waals surface area (Å²) in [4.78, 5) is 28.9. The van der Waals surface area contributed by atoms with E-state index < -0.39 is 5.54 Å². The number of benzene rings is 1. The van der Waals surface area contributed by atoms with Crippen molar-refractivity contribution in [2.45, 2.75) is 96.7 Å². The van der Waals surface area contributed by atoms with Gasteiger partial charge >= 0.3 is 0 Å². The summed E-state index contributed by atoms with van der Waals surface area (Å²) in [6, 6.07) is 7.62. The zero-order chi connectivity index (χ0) is 23.8. The molecule has 180 valence electrons. The topological polar surface area (TPSA) is 106 Å². The second-order valence-corrected chi connectivity index (χ2v) is 9.21. The van der Waals surface area contributed by atoms with E-state index in [1.165, 1.54) is 6.92 Å². The molecule has 0 spiro atoms. The molecular weight excluding hydrogens is 420 g/mol. The molecule has 0 aliphatic heterocycles. The van der Waals surface area contributed by atoms with E-state index in [0.29, 0.717) is 18.1 Å². The Hall–Kier alpha value is -2.90. The van der Waals surface area contributed by atoms with Gasteiger partial charge in [-0.3, -0.25) is 9.59 Å². The molecule has 33 heavy (non-hydrogen) atoms. The van der Waals surface area contributed by atoms with Crippen LogP contribution in [0.5, 0.6) is 5.75 Å². The smallest absolute Gasteiger partial charge is 0.227 e. The second-order valence-electron chi connectivity index (χ2n) is 9.21. The van der Waals surface area contributed by atoms with Crippen molar-refractivity contribution in [3.8, 4) is 5.75 Å². The van der Waals surface area contributed by atoms with Crippen LogP contribution in [-0.2, 0) is 21.5 Å². The van der Waals surface area contributed by atoms with Crippen LogP contribution in [0.1, 0.15) is 96.0 Å². The largest absolute Gasteiger partial charge is 0.491 e. The highest BCUT2D eigenvalue weighted by Gasteiger charge is 2.38. The fourth-order valence-electron chi connectivity index (χ4n) is 4.35. The van der Waals surface area contributed by atoms with Gasteiger partial charge in [0.05, 0.1) is 12.1 Å². The highest BCUT2D eigenvalue weighted by Crippen LogP contribution is 2.34. The molecule has 0 bridgehead atoms. The van der Waals surface area contributed by atoms with Crippen LogP contribution in [-0.4, -0.2) is 28.1 Å². The lowest BCUT2D eigenvalue weighted by atomic mass is 9.89. The molecule has 1 atom stereocenters. The predicted octanol–water partition coefficient (Wildman–Crippen LogP) is 4.35. The third kappa shape index (κ3) is 7.04. The summed E-state index contributed by atoms with van der Waals surface area (Å²) in [6.45, 7) is 7.44. The van der Waals surface area contributed by atoms with E-state index in [4.69, 9.17) is 9.26 Å². The fourth-order valence-corrected chi connectivity index (χ4v) is 4.35. The number of amides is 2. The first kappa shape index (κ1) is 24.7. The summed E-state index contributed by atoms with van der Waals surface area (Å²) < 4.78 is 11.1. The summed E-state index contributed by atoms with van der Waals surface area (Å²) in [5.41, 5.74) is 0.428. The van der Waals surface area contributed by atoms with Gasteiger partial charge in [-0.25, -0.2) is 0 Å². The Morgan fingerprint density at radius 2 is 1.76 bits per heavy atom. The number of carbonyl (C=O) groups is 2. The van der Waals surface area contributed by atoms with Gasteiger partial charge in [-0.05, 0) is 51.3 Å². The van der Waals surface area contributed by atoms with Crippen molar-refractivity contribution < 1.29 is 18.8 Å². The number of rotatable bonds is 9. The second kappa shape index (κ2) is 11.3. The number of aromatic nitrogens is 2. The molecule has 2 aromatic rings. The van der Waals surface area contributed by atoms with Crippen LogP contribution < -0.4 is 15.4 Å². The van der Waals surface area contributed by atoms with Crippen LogP contribution in [0.2, 0.25) is 0 Å². The van der Waals surface area contributed by atoms with E-state index in [1.54, 1.807) is 0 Å². The third-order valence-corrected chi connectivity index (χ3v) is 5.96. The number of ether oxygens (including phenoxy) is 1. The Morgan fingerprint density at radius 1 is 1.09 bits per heavy atom. The van der Waals surface area contributed by atoms with Gasteiger partial charge < -0.3 is 19.9 Å². The summed E-state index contributed by atoms with van der Waals surface area (Å²) in [6.07, 6.45) is 6.60. The lowest BCUT2D eigenvalue weighted by molar-refractivity contribution is -0.122. The molecule has 0 radical (unpaired) electrons. The van der Waals surface area contributed by atoms with Crippen molar-refractivity contribution in [3.63, 3.8) is 0 Å². The Labute approximate surface area is 195 Å². The Bertz CT molecular complexity index is 915. The van der Waals surface area contributed by atoms with Gasteiger partial charge in [0.1, 0.15) is 11.3 Å². The Kier molecular flexibility index (Phi) is 8.47. The summed E-state index contributed by atoms with van der Waals surface area (Å²) >= 11 is 0. The average Bonchev–Trinajstić information content (AvgIpc) is 3.12. The van der Waals surface area contributed by atoms with Crippen molar-refractivity contribution in [2.75, 3.05) is 0 Å². The molecule has 1 aliphatic rings. The highest BCUT2D eigenvalue weighted by atomic mass is 16.5. The van der Waals surface area contributed by atoms with Crippen molar-refractivity contribution >= 4 is 11.8 Å². The molecule has 2 amide bonds. The number of nitrogens with one attached hydrogen (secondary N) is 2. The maximum atomic E-state index is 12.5. The summed E-state index contributed by atoms with van der Waals surface area (Å²) in [7, 11) is 0. The zero-order valence-corrected chi connectivity index (χ0v) is 20.1. The van der Waals surface area contributed by atoms with E-state index in [2.05, 4.69) is 20.8 Å². The maximum Gasteiger partial charge on any atom is 0.227 e. The molecule has 1 aromatic heterocycles. The molecule has 1 heterocycles. The predicted molar refractivity (Wildman–Crippen MR) is 125 cm³/mol. The first-order chi connectivity index (χ1) is 15.8. The van der Waals surface area contributed by atoms with Crippen LogP contribution >= 0.6 is 0 Å².